The number of carbonyl (C=O) groups excluding carboxylic acids is 1. The predicted octanol–water partition coefficient (Wildman–Crippen LogP) is 7.29. The smallest absolute Gasteiger partial charge is 0.338 e. The second-order valence-electron chi connectivity index (χ2n) is 11.0. The molecule has 2 unspecified atom stereocenters. The summed E-state index contributed by atoms with van der Waals surface area (Å²) < 4.78 is 22.4. The number of ketones is 1. The number of hydrogen-bond donors (Lipinski definition) is 2. The van der Waals surface area contributed by atoms with Crippen molar-refractivity contribution in [1.82, 2.24) is 0 Å². The zero-order chi connectivity index (χ0) is 26.9. The van der Waals surface area contributed by atoms with Crippen molar-refractivity contribution in [2.75, 3.05) is 33.9 Å². The minimum absolute atomic E-state index is 0.0164. The molecule has 0 aromatic carbocycles. The van der Waals surface area contributed by atoms with E-state index in [0.717, 1.165) is 24.2 Å². The van der Waals surface area contributed by atoms with Crippen LogP contribution in [0, 0.1) is 5.92 Å². The Morgan fingerprint density at radius 2 is 1.19 bits per heavy atom. The van der Waals surface area contributed by atoms with Crippen LogP contribution in [0.25, 0.3) is 0 Å². The fraction of sp³-hybridized carbons (Fsp3) is 0.966. The van der Waals surface area contributed by atoms with E-state index >= 15 is 0 Å². The Hall–Kier alpha value is -0.260. The highest BCUT2D eigenvalue weighted by Gasteiger charge is 2.24. The van der Waals surface area contributed by atoms with Gasteiger partial charge in [-0.1, -0.05) is 123 Å². The minimum Gasteiger partial charge on any atom is -0.338 e. The number of phosphoric ester groups is 1. The lowest BCUT2D eigenvalue weighted by molar-refractivity contribution is -0.858. The first-order valence-corrected chi connectivity index (χ1v) is 16.7. The molecule has 0 saturated carbocycles. The summed E-state index contributed by atoms with van der Waals surface area (Å²) in [5.41, 5.74) is 0. The summed E-state index contributed by atoms with van der Waals surface area (Å²) in [6.45, 7) is 5.05. The summed E-state index contributed by atoms with van der Waals surface area (Å²) in [6.07, 6.45) is 24.5. The van der Waals surface area contributed by atoms with E-state index in [-0.39, 0.29) is 24.9 Å². The van der Waals surface area contributed by atoms with Crippen molar-refractivity contribution in [3.8, 4) is 0 Å². The molecule has 0 saturated heterocycles. The van der Waals surface area contributed by atoms with E-state index in [9.17, 15) is 14.3 Å². The van der Waals surface area contributed by atoms with Gasteiger partial charge in [0.15, 0.2) is 0 Å². The van der Waals surface area contributed by atoms with Gasteiger partial charge >= 0.3 is 7.82 Å². The zero-order valence-electron chi connectivity index (χ0n) is 24.4. The van der Waals surface area contributed by atoms with E-state index in [4.69, 9.17) is 9.05 Å². The van der Waals surface area contributed by atoms with Crippen LogP contribution < -0.4 is 4.90 Å². The Morgan fingerprint density at radius 1 is 0.750 bits per heavy atom. The second kappa shape index (κ2) is 25.0. The lowest BCUT2D eigenvalue weighted by atomic mass is 9.95. The lowest BCUT2D eigenvalue weighted by Crippen LogP contribution is -3.06. The van der Waals surface area contributed by atoms with Crippen molar-refractivity contribution in [3.05, 3.63) is 0 Å². The molecular weight excluding hydrogens is 473 g/mol. The Balaban J connectivity index is 3.78. The average Bonchev–Trinajstić information content (AvgIpc) is 2.83. The van der Waals surface area contributed by atoms with Crippen LogP contribution in [-0.4, -0.2) is 44.5 Å². The van der Waals surface area contributed by atoms with Gasteiger partial charge in [-0.2, -0.15) is 0 Å². The molecule has 0 amide bonds. The molecular formula is C29H61NO5P+. The van der Waals surface area contributed by atoms with E-state index in [0.29, 0.717) is 19.4 Å². The number of phosphoric acid groups is 1. The van der Waals surface area contributed by atoms with Gasteiger partial charge in [0.1, 0.15) is 18.9 Å². The summed E-state index contributed by atoms with van der Waals surface area (Å²) in [7, 11) is -0.144. The van der Waals surface area contributed by atoms with Gasteiger partial charge in [0.2, 0.25) is 0 Å². The van der Waals surface area contributed by atoms with Gasteiger partial charge in [0, 0.05) is 12.8 Å². The highest BCUT2D eigenvalue weighted by atomic mass is 31.2. The summed E-state index contributed by atoms with van der Waals surface area (Å²) in [6, 6.07) is 0. The summed E-state index contributed by atoms with van der Waals surface area (Å²) >= 11 is 0. The number of hydrogen-bond acceptors (Lipinski definition) is 4. The van der Waals surface area contributed by atoms with Crippen molar-refractivity contribution >= 4 is 13.6 Å². The van der Waals surface area contributed by atoms with Crippen molar-refractivity contribution in [2.45, 2.75) is 142 Å². The predicted molar refractivity (Wildman–Crippen MR) is 152 cm³/mol. The maximum Gasteiger partial charge on any atom is 0.472 e. The molecule has 0 aliphatic rings. The fourth-order valence-corrected chi connectivity index (χ4v) is 5.27. The van der Waals surface area contributed by atoms with Crippen LogP contribution in [-0.2, 0) is 18.4 Å². The SMILES string of the molecule is CCCCCCCCCCCCCCCCCCCC(COP(=O)(O)OCC[NH+](C)C)CC(=O)CC. The summed E-state index contributed by atoms with van der Waals surface area (Å²) in [5.74, 6) is 0.165. The maximum atomic E-state index is 12.1. The maximum absolute atomic E-state index is 12.1. The van der Waals surface area contributed by atoms with Crippen LogP contribution in [0.2, 0.25) is 0 Å². The second-order valence-corrected chi connectivity index (χ2v) is 12.4. The molecule has 6 nitrogen and oxygen atoms in total. The summed E-state index contributed by atoms with van der Waals surface area (Å²) in [4.78, 5) is 23.0. The van der Waals surface area contributed by atoms with Gasteiger partial charge in [-0.15, -0.1) is 0 Å². The van der Waals surface area contributed by atoms with Crippen LogP contribution in [0.3, 0.4) is 0 Å². The Labute approximate surface area is 223 Å². The first kappa shape index (κ1) is 35.7. The fourth-order valence-electron chi connectivity index (χ4n) is 4.47. The summed E-state index contributed by atoms with van der Waals surface area (Å²) in [5, 5.41) is 0. The molecule has 0 spiro atoms. The molecule has 0 heterocycles. The third kappa shape index (κ3) is 25.4. The monoisotopic (exact) mass is 534 g/mol. The quantitative estimate of drug-likeness (QED) is 0.0814. The molecule has 0 bridgehead atoms. The molecule has 0 aliphatic heterocycles. The highest BCUT2D eigenvalue weighted by molar-refractivity contribution is 7.47. The highest BCUT2D eigenvalue weighted by Crippen LogP contribution is 2.43. The van der Waals surface area contributed by atoms with Crippen LogP contribution in [0.15, 0.2) is 0 Å². The van der Waals surface area contributed by atoms with Gasteiger partial charge in [0.25, 0.3) is 0 Å². The molecule has 0 rings (SSSR count). The normalized spacial score (nSPS) is 14.3. The van der Waals surface area contributed by atoms with E-state index in [2.05, 4.69) is 6.92 Å². The number of quaternary nitrogens is 1. The first-order valence-electron chi connectivity index (χ1n) is 15.2. The molecule has 7 heteroatoms. The topological polar surface area (TPSA) is 77.3 Å². The number of unbranched alkanes of at least 4 members (excludes halogenated alkanes) is 16. The van der Waals surface area contributed by atoms with E-state index in [1.807, 2.05) is 21.0 Å². The number of rotatable bonds is 28. The number of carbonyl (C=O) groups is 1. The van der Waals surface area contributed by atoms with Gasteiger partial charge in [-0.05, 0) is 12.3 Å². The Bertz CT molecular complexity index is 544. The molecule has 0 aliphatic carbocycles. The van der Waals surface area contributed by atoms with Gasteiger partial charge in [0.05, 0.1) is 20.7 Å². The number of likely N-dealkylation sites (N-methyl/N-ethyl adjacent to an activating group) is 1. The van der Waals surface area contributed by atoms with E-state index < -0.39 is 7.82 Å². The standard InChI is InChI=1S/C29H60NO5P/c1-5-7-8-9-10-11-12-13-14-15-16-17-18-19-20-21-22-23-28(26-29(31)6-2)27-35-36(32,33)34-25-24-30(3)4/h28H,5-27H2,1-4H3,(H,32,33)/p+1. The van der Waals surface area contributed by atoms with Gasteiger partial charge in [-0.25, -0.2) is 4.57 Å². The van der Waals surface area contributed by atoms with Crippen molar-refractivity contribution in [1.29, 1.82) is 0 Å². The third-order valence-electron chi connectivity index (χ3n) is 6.96. The molecule has 0 radical (unpaired) electrons. The zero-order valence-corrected chi connectivity index (χ0v) is 25.3. The molecule has 36 heavy (non-hydrogen) atoms. The molecule has 0 aromatic heterocycles. The number of Topliss-reactive ketones (excluding diaryl/α,β-unsaturated/α-hetero) is 1. The van der Waals surface area contributed by atoms with E-state index in [1.54, 1.807) is 0 Å². The third-order valence-corrected chi connectivity index (χ3v) is 7.94. The van der Waals surface area contributed by atoms with E-state index in [1.165, 1.54) is 96.3 Å². The van der Waals surface area contributed by atoms with Crippen LogP contribution >= 0.6 is 7.82 Å². The molecule has 216 valence electrons. The van der Waals surface area contributed by atoms with Crippen LogP contribution in [0.4, 0.5) is 0 Å². The van der Waals surface area contributed by atoms with Gasteiger partial charge < -0.3 is 9.79 Å². The van der Waals surface area contributed by atoms with Crippen molar-refractivity contribution in [3.63, 3.8) is 0 Å². The number of nitrogens with one attached hydrogen (secondary N) is 1. The minimum atomic E-state index is -4.06. The largest absolute Gasteiger partial charge is 0.472 e. The Kier molecular flexibility index (Phi) is 24.9. The molecule has 2 atom stereocenters. The lowest BCUT2D eigenvalue weighted by Gasteiger charge is -2.19. The average molecular weight is 535 g/mol. The first-order chi connectivity index (χ1) is 17.3. The van der Waals surface area contributed by atoms with Crippen LogP contribution in [0.1, 0.15) is 142 Å². The van der Waals surface area contributed by atoms with Crippen molar-refractivity contribution in [2.24, 2.45) is 5.92 Å². The van der Waals surface area contributed by atoms with Gasteiger partial charge in [-0.3, -0.25) is 13.8 Å². The van der Waals surface area contributed by atoms with Crippen molar-refractivity contribution < 1.29 is 28.2 Å². The van der Waals surface area contributed by atoms with Crippen LogP contribution in [0.5, 0.6) is 0 Å². The molecule has 0 aromatic rings. The molecule has 0 fully saturated rings. The Morgan fingerprint density at radius 3 is 1.61 bits per heavy atom. The molecule has 2 N–H and O–H groups in total.